The van der Waals surface area contributed by atoms with E-state index >= 15 is 0 Å². The molecule has 0 atom stereocenters. The van der Waals surface area contributed by atoms with Crippen molar-refractivity contribution in [2.45, 2.75) is 27.7 Å². The number of benzene rings is 4. The van der Waals surface area contributed by atoms with Gasteiger partial charge in [-0.15, -0.1) is 0 Å². The van der Waals surface area contributed by atoms with Gasteiger partial charge in [-0.3, -0.25) is 0 Å². The maximum atomic E-state index is 3.59. The zero-order valence-electron chi connectivity index (χ0n) is 17.4. The van der Waals surface area contributed by atoms with Gasteiger partial charge in [-0.05, 0) is 96.5 Å². The van der Waals surface area contributed by atoms with Crippen molar-refractivity contribution in [1.82, 2.24) is 4.98 Å². The largest absolute Gasteiger partial charge is 0.355 e. The molecular formula is C28H25N. The Kier molecular flexibility index (Phi) is 4.06. The molecule has 1 N–H and O–H groups in total. The number of rotatable bonds is 2. The average molecular weight is 376 g/mol. The van der Waals surface area contributed by atoms with Gasteiger partial charge in [0.1, 0.15) is 0 Å². The van der Waals surface area contributed by atoms with Gasteiger partial charge in [-0.1, -0.05) is 48.5 Å². The molecule has 142 valence electrons. The van der Waals surface area contributed by atoms with Crippen LogP contribution in [0.2, 0.25) is 0 Å². The van der Waals surface area contributed by atoms with Crippen molar-refractivity contribution in [2.24, 2.45) is 0 Å². The fourth-order valence-electron chi connectivity index (χ4n) is 4.75. The average Bonchev–Trinajstić information content (AvgIpc) is 3.05. The minimum absolute atomic E-state index is 1.19. The van der Waals surface area contributed by atoms with E-state index in [4.69, 9.17) is 0 Å². The third kappa shape index (κ3) is 2.86. The number of aromatic amines is 1. The zero-order valence-corrected chi connectivity index (χ0v) is 17.4. The van der Waals surface area contributed by atoms with E-state index < -0.39 is 0 Å². The number of aryl methyl sites for hydroxylation is 4. The molecule has 0 bridgehead atoms. The van der Waals surface area contributed by atoms with E-state index in [9.17, 15) is 0 Å². The Bertz CT molecular complexity index is 1240. The molecule has 1 heterocycles. The van der Waals surface area contributed by atoms with Crippen LogP contribution < -0.4 is 0 Å². The molecule has 0 fully saturated rings. The summed E-state index contributed by atoms with van der Waals surface area (Å²) in [6.45, 7) is 8.78. The molecule has 1 aromatic heterocycles. The van der Waals surface area contributed by atoms with Crippen molar-refractivity contribution in [2.75, 3.05) is 0 Å². The van der Waals surface area contributed by atoms with Crippen molar-refractivity contribution in [3.63, 3.8) is 0 Å². The van der Waals surface area contributed by atoms with Crippen LogP contribution in [-0.4, -0.2) is 4.98 Å². The number of aromatic nitrogens is 1. The Morgan fingerprint density at radius 3 is 1.24 bits per heavy atom. The van der Waals surface area contributed by atoms with Crippen LogP contribution in [0.4, 0.5) is 0 Å². The van der Waals surface area contributed by atoms with Gasteiger partial charge in [0, 0.05) is 21.8 Å². The predicted octanol–water partition coefficient (Wildman–Crippen LogP) is 7.89. The molecule has 0 aliphatic heterocycles. The second-order valence-corrected chi connectivity index (χ2v) is 8.18. The number of fused-ring (bicyclic) bond motifs is 3. The first kappa shape index (κ1) is 17.8. The summed E-state index contributed by atoms with van der Waals surface area (Å²) in [5.74, 6) is 0. The van der Waals surface area contributed by atoms with E-state index in [1.165, 1.54) is 66.3 Å². The molecule has 0 spiro atoms. The van der Waals surface area contributed by atoms with Crippen LogP contribution in [0.3, 0.4) is 0 Å². The quantitative estimate of drug-likeness (QED) is 0.323. The molecule has 1 nitrogen and oxygen atoms in total. The second-order valence-electron chi connectivity index (χ2n) is 8.18. The van der Waals surface area contributed by atoms with Gasteiger partial charge in [-0.25, -0.2) is 0 Å². The Balaban J connectivity index is 1.76. The van der Waals surface area contributed by atoms with Gasteiger partial charge in [0.05, 0.1) is 0 Å². The number of hydrogen-bond acceptors (Lipinski definition) is 0. The van der Waals surface area contributed by atoms with Crippen LogP contribution in [0.5, 0.6) is 0 Å². The standard InChI is InChI=1S/C28H25N/c1-17-7-5-8-18(2)27(17)21-11-13-25-23(15-21)24-16-22(12-14-26(24)29-25)28-19(3)9-6-10-20(28)4/h5-16,29H,1-4H3. The molecule has 4 aromatic carbocycles. The van der Waals surface area contributed by atoms with E-state index in [-0.39, 0.29) is 0 Å². The van der Waals surface area contributed by atoms with Crippen LogP contribution in [0.15, 0.2) is 72.8 Å². The number of hydrogen-bond donors (Lipinski definition) is 1. The van der Waals surface area contributed by atoms with E-state index in [1.54, 1.807) is 0 Å². The summed E-state index contributed by atoms with van der Waals surface area (Å²) in [6.07, 6.45) is 0. The smallest absolute Gasteiger partial charge is 0.0465 e. The van der Waals surface area contributed by atoms with Crippen LogP contribution in [0.25, 0.3) is 44.1 Å². The third-order valence-electron chi connectivity index (χ3n) is 6.14. The number of nitrogens with one attached hydrogen (secondary N) is 1. The molecule has 0 saturated heterocycles. The molecular weight excluding hydrogens is 350 g/mol. The Morgan fingerprint density at radius 2 is 0.862 bits per heavy atom. The van der Waals surface area contributed by atoms with Crippen molar-refractivity contribution >= 4 is 21.8 Å². The van der Waals surface area contributed by atoms with E-state index in [2.05, 4.69) is 105 Å². The summed E-state index contributed by atoms with van der Waals surface area (Å²) >= 11 is 0. The molecule has 0 aliphatic rings. The number of H-pyrrole nitrogens is 1. The van der Waals surface area contributed by atoms with Gasteiger partial charge in [0.25, 0.3) is 0 Å². The molecule has 5 aromatic rings. The molecule has 0 amide bonds. The molecule has 5 rings (SSSR count). The molecule has 0 unspecified atom stereocenters. The highest BCUT2D eigenvalue weighted by Crippen LogP contribution is 2.36. The summed E-state index contributed by atoms with van der Waals surface area (Å²) in [4.78, 5) is 3.59. The lowest BCUT2D eigenvalue weighted by molar-refractivity contribution is 1.38. The minimum Gasteiger partial charge on any atom is -0.355 e. The van der Waals surface area contributed by atoms with Gasteiger partial charge in [0.2, 0.25) is 0 Å². The van der Waals surface area contributed by atoms with Crippen molar-refractivity contribution in [3.05, 3.63) is 95.1 Å². The van der Waals surface area contributed by atoms with Crippen LogP contribution in [-0.2, 0) is 0 Å². The normalized spacial score (nSPS) is 11.4. The Labute approximate surface area is 172 Å². The van der Waals surface area contributed by atoms with Crippen molar-refractivity contribution in [1.29, 1.82) is 0 Å². The maximum Gasteiger partial charge on any atom is 0.0465 e. The lowest BCUT2D eigenvalue weighted by Crippen LogP contribution is -1.88. The maximum absolute atomic E-state index is 3.59. The first-order valence-electron chi connectivity index (χ1n) is 10.2. The Hall–Kier alpha value is -3.32. The summed E-state index contributed by atoms with van der Waals surface area (Å²) in [5.41, 5.74) is 12.9. The molecule has 0 radical (unpaired) electrons. The highest BCUT2D eigenvalue weighted by molar-refractivity contribution is 6.10. The highest BCUT2D eigenvalue weighted by atomic mass is 14.7. The SMILES string of the molecule is Cc1cccc(C)c1-c1ccc2[nH]c3ccc(-c4c(C)cccc4C)cc3c2c1. The first-order valence-corrected chi connectivity index (χ1v) is 10.2. The lowest BCUT2D eigenvalue weighted by Gasteiger charge is -2.11. The molecule has 29 heavy (non-hydrogen) atoms. The van der Waals surface area contributed by atoms with Gasteiger partial charge in [0.15, 0.2) is 0 Å². The van der Waals surface area contributed by atoms with E-state index in [0.29, 0.717) is 0 Å². The van der Waals surface area contributed by atoms with E-state index in [1.807, 2.05) is 0 Å². The monoisotopic (exact) mass is 375 g/mol. The molecule has 1 heteroatoms. The summed E-state index contributed by atoms with van der Waals surface area (Å²) in [6, 6.07) is 26.6. The highest BCUT2D eigenvalue weighted by Gasteiger charge is 2.12. The molecule has 0 aliphatic carbocycles. The first-order chi connectivity index (χ1) is 14.0. The minimum atomic E-state index is 1.19. The lowest BCUT2D eigenvalue weighted by atomic mass is 9.93. The summed E-state index contributed by atoms with van der Waals surface area (Å²) < 4.78 is 0. The summed E-state index contributed by atoms with van der Waals surface area (Å²) in [7, 11) is 0. The van der Waals surface area contributed by atoms with Crippen LogP contribution >= 0.6 is 0 Å². The van der Waals surface area contributed by atoms with Crippen molar-refractivity contribution < 1.29 is 0 Å². The fraction of sp³-hybridized carbons (Fsp3) is 0.143. The predicted molar refractivity (Wildman–Crippen MR) is 126 cm³/mol. The fourth-order valence-corrected chi connectivity index (χ4v) is 4.75. The van der Waals surface area contributed by atoms with Crippen molar-refractivity contribution in [3.8, 4) is 22.3 Å². The molecule has 0 saturated carbocycles. The third-order valence-corrected chi connectivity index (χ3v) is 6.14. The van der Waals surface area contributed by atoms with Gasteiger partial charge in [-0.2, -0.15) is 0 Å². The van der Waals surface area contributed by atoms with Crippen LogP contribution in [0.1, 0.15) is 22.3 Å². The Morgan fingerprint density at radius 1 is 0.483 bits per heavy atom. The zero-order chi connectivity index (χ0) is 20.1. The topological polar surface area (TPSA) is 15.8 Å². The van der Waals surface area contributed by atoms with Gasteiger partial charge < -0.3 is 4.98 Å². The van der Waals surface area contributed by atoms with E-state index in [0.717, 1.165) is 0 Å². The van der Waals surface area contributed by atoms with Gasteiger partial charge >= 0.3 is 0 Å². The second kappa shape index (κ2) is 6.63. The van der Waals surface area contributed by atoms with Crippen LogP contribution in [0, 0.1) is 27.7 Å². The summed E-state index contributed by atoms with van der Waals surface area (Å²) in [5, 5.41) is 2.57.